The molecule has 0 saturated carbocycles. The predicted molar refractivity (Wildman–Crippen MR) is 121 cm³/mol. The molecule has 1 aromatic rings. The average molecular weight is 398 g/mol. The van der Waals surface area contributed by atoms with Gasteiger partial charge in [0.25, 0.3) is 5.91 Å². The lowest BCUT2D eigenvalue weighted by molar-refractivity contribution is 0.0945. The number of nitrogens with zero attached hydrogens (tertiary/aromatic N) is 2. The number of likely N-dealkylation sites (N-methyl/N-ethyl adjacent to an activating group) is 1. The molecule has 0 saturated heterocycles. The van der Waals surface area contributed by atoms with E-state index in [-0.39, 0.29) is 11.9 Å². The summed E-state index contributed by atoms with van der Waals surface area (Å²) in [7, 11) is 3.68. The van der Waals surface area contributed by atoms with Crippen LogP contribution in [-0.4, -0.2) is 32.3 Å². The first-order valence-corrected chi connectivity index (χ1v) is 9.58. The van der Waals surface area contributed by atoms with Crippen molar-refractivity contribution in [3.63, 3.8) is 0 Å². The second-order valence-corrected chi connectivity index (χ2v) is 7.50. The molecule has 0 aliphatic carbocycles. The Kier molecular flexibility index (Phi) is 7.41. The molecule has 1 unspecified atom stereocenters. The first kappa shape index (κ1) is 21.7. The fourth-order valence-corrected chi connectivity index (χ4v) is 3.14. The van der Waals surface area contributed by atoms with E-state index in [0.29, 0.717) is 17.0 Å². The Morgan fingerprint density at radius 3 is 2.61 bits per heavy atom. The first-order valence-electron chi connectivity index (χ1n) is 9.21. The van der Waals surface area contributed by atoms with Crippen LogP contribution in [-0.2, 0) is 0 Å². The molecule has 4 nitrogen and oxygen atoms in total. The number of benzene rings is 1. The van der Waals surface area contributed by atoms with Crippen LogP contribution in [0, 0.1) is 0 Å². The van der Waals surface area contributed by atoms with E-state index in [9.17, 15) is 4.79 Å². The second-order valence-electron chi connectivity index (χ2n) is 7.06. The maximum absolute atomic E-state index is 12.7. The minimum Gasteiger partial charge on any atom is -0.346 e. The molecular formula is C23H28ClN3O. The van der Waals surface area contributed by atoms with Crippen molar-refractivity contribution in [1.29, 1.82) is 0 Å². The summed E-state index contributed by atoms with van der Waals surface area (Å²) >= 11 is 6.08. The van der Waals surface area contributed by atoms with E-state index in [1.54, 1.807) is 25.4 Å². The number of rotatable bonds is 5. The van der Waals surface area contributed by atoms with Crippen molar-refractivity contribution in [3.8, 4) is 0 Å². The van der Waals surface area contributed by atoms with Crippen LogP contribution >= 0.6 is 11.6 Å². The Labute approximate surface area is 173 Å². The van der Waals surface area contributed by atoms with Crippen molar-refractivity contribution in [2.75, 3.05) is 19.0 Å². The molecule has 1 aromatic carbocycles. The molecule has 0 spiro atoms. The van der Waals surface area contributed by atoms with Crippen molar-refractivity contribution in [2.45, 2.75) is 33.2 Å². The summed E-state index contributed by atoms with van der Waals surface area (Å²) in [5.41, 5.74) is 5.70. The van der Waals surface area contributed by atoms with Gasteiger partial charge in [-0.15, -0.1) is 0 Å². The Bertz CT molecular complexity index is 893. The molecule has 0 aromatic heterocycles. The quantitative estimate of drug-likeness (QED) is 0.539. The summed E-state index contributed by atoms with van der Waals surface area (Å²) in [5, 5.41) is 3.62. The zero-order valence-electron chi connectivity index (χ0n) is 17.2. The van der Waals surface area contributed by atoms with Crippen molar-refractivity contribution in [3.05, 3.63) is 76.0 Å². The van der Waals surface area contributed by atoms with Crippen LogP contribution < -0.4 is 10.2 Å². The SMILES string of the molecule is C=C1C(C/C(C)=C/C=C(C)/C(C)=C/C=N\C)NC(=O)c2cc(Cl)ccc2N1C. The van der Waals surface area contributed by atoms with E-state index in [1.807, 2.05) is 24.1 Å². The number of halogens is 1. The fraction of sp³-hybridized carbons (Fsp3) is 0.304. The molecule has 28 heavy (non-hydrogen) atoms. The molecule has 0 radical (unpaired) electrons. The Balaban J connectivity index is 2.20. The third-order valence-corrected chi connectivity index (χ3v) is 5.18. The number of hydrogen-bond donors (Lipinski definition) is 1. The highest BCUT2D eigenvalue weighted by Crippen LogP contribution is 2.30. The summed E-state index contributed by atoms with van der Waals surface area (Å²) < 4.78 is 0. The molecule has 148 valence electrons. The van der Waals surface area contributed by atoms with Crippen LogP contribution in [0.4, 0.5) is 5.69 Å². The number of allylic oxidation sites excluding steroid dienone is 5. The lowest BCUT2D eigenvalue weighted by Crippen LogP contribution is -2.37. The summed E-state index contributed by atoms with van der Waals surface area (Å²) in [6.07, 6.45) is 8.63. The topological polar surface area (TPSA) is 44.7 Å². The van der Waals surface area contributed by atoms with E-state index in [0.717, 1.165) is 22.5 Å². The van der Waals surface area contributed by atoms with Gasteiger partial charge in [0.15, 0.2) is 0 Å². The highest BCUT2D eigenvalue weighted by Gasteiger charge is 2.27. The molecule has 1 atom stereocenters. The van der Waals surface area contributed by atoms with Crippen LogP contribution in [0.5, 0.6) is 0 Å². The number of aliphatic imine (C=N–C) groups is 1. The molecule has 5 heteroatoms. The molecule has 0 bridgehead atoms. The zero-order chi connectivity index (χ0) is 20.8. The minimum absolute atomic E-state index is 0.134. The smallest absolute Gasteiger partial charge is 0.253 e. The van der Waals surface area contributed by atoms with Gasteiger partial charge in [0, 0.05) is 31.0 Å². The van der Waals surface area contributed by atoms with E-state index >= 15 is 0 Å². The zero-order valence-corrected chi connectivity index (χ0v) is 18.0. The number of anilines is 1. The van der Waals surface area contributed by atoms with Gasteiger partial charge in [-0.05, 0) is 62.6 Å². The van der Waals surface area contributed by atoms with Crippen LogP contribution in [0.1, 0.15) is 37.6 Å². The van der Waals surface area contributed by atoms with Crippen molar-refractivity contribution in [2.24, 2.45) is 4.99 Å². The van der Waals surface area contributed by atoms with Gasteiger partial charge in [0.2, 0.25) is 0 Å². The number of amides is 1. The number of fused-ring (bicyclic) bond motifs is 1. The third-order valence-electron chi connectivity index (χ3n) is 4.94. The van der Waals surface area contributed by atoms with Gasteiger partial charge < -0.3 is 10.2 Å². The summed E-state index contributed by atoms with van der Waals surface area (Å²) in [5.74, 6) is -0.134. The van der Waals surface area contributed by atoms with Crippen molar-refractivity contribution in [1.82, 2.24) is 5.32 Å². The van der Waals surface area contributed by atoms with Crippen LogP contribution in [0.25, 0.3) is 0 Å². The van der Waals surface area contributed by atoms with Crippen LogP contribution in [0.15, 0.2) is 70.4 Å². The predicted octanol–water partition coefficient (Wildman–Crippen LogP) is 5.33. The lowest BCUT2D eigenvalue weighted by Gasteiger charge is -2.26. The summed E-state index contributed by atoms with van der Waals surface area (Å²) in [4.78, 5) is 18.6. The maximum Gasteiger partial charge on any atom is 0.253 e. The monoisotopic (exact) mass is 397 g/mol. The highest BCUT2D eigenvalue weighted by atomic mass is 35.5. The third kappa shape index (κ3) is 5.23. The van der Waals surface area contributed by atoms with E-state index < -0.39 is 0 Å². The van der Waals surface area contributed by atoms with E-state index in [4.69, 9.17) is 11.6 Å². The fourth-order valence-electron chi connectivity index (χ4n) is 2.97. The largest absolute Gasteiger partial charge is 0.346 e. The Hall–Kier alpha value is -2.59. The number of carbonyl (C=O) groups is 1. The average Bonchev–Trinajstić information content (AvgIpc) is 2.75. The Morgan fingerprint density at radius 2 is 1.93 bits per heavy atom. The van der Waals surface area contributed by atoms with Gasteiger partial charge in [-0.3, -0.25) is 9.79 Å². The van der Waals surface area contributed by atoms with Crippen molar-refractivity contribution >= 4 is 29.4 Å². The van der Waals surface area contributed by atoms with Crippen LogP contribution in [0.2, 0.25) is 5.02 Å². The van der Waals surface area contributed by atoms with Crippen molar-refractivity contribution < 1.29 is 4.79 Å². The number of hydrogen-bond acceptors (Lipinski definition) is 3. The number of carbonyl (C=O) groups excluding carboxylic acids is 1. The molecule has 1 amide bonds. The van der Waals surface area contributed by atoms with Gasteiger partial charge in [0.05, 0.1) is 17.3 Å². The second kappa shape index (κ2) is 9.56. The van der Waals surface area contributed by atoms with E-state index in [1.165, 1.54) is 5.57 Å². The Morgan fingerprint density at radius 1 is 1.25 bits per heavy atom. The lowest BCUT2D eigenvalue weighted by atomic mass is 10.0. The molecule has 1 heterocycles. The molecular weight excluding hydrogens is 370 g/mol. The van der Waals surface area contributed by atoms with Crippen LogP contribution in [0.3, 0.4) is 0 Å². The normalized spacial score (nSPS) is 19.0. The molecule has 1 N–H and O–H groups in total. The number of nitrogens with one attached hydrogen (secondary N) is 1. The summed E-state index contributed by atoms with van der Waals surface area (Å²) in [6.45, 7) is 10.4. The summed E-state index contributed by atoms with van der Waals surface area (Å²) in [6, 6.07) is 5.16. The first-order chi connectivity index (χ1) is 13.2. The van der Waals surface area contributed by atoms with Gasteiger partial charge in [-0.25, -0.2) is 0 Å². The van der Waals surface area contributed by atoms with E-state index in [2.05, 4.69) is 49.8 Å². The molecule has 2 rings (SSSR count). The molecule has 1 aliphatic heterocycles. The highest BCUT2D eigenvalue weighted by molar-refractivity contribution is 6.31. The minimum atomic E-state index is -0.183. The van der Waals surface area contributed by atoms with Gasteiger partial charge in [-0.1, -0.05) is 35.9 Å². The van der Waals surface area contributed by atoms with Gasteiger partial charge in [-0.2, -0.15) is 0 Å². The van der Waals surface area contributed by atoms with Gasteiger partial charge >= 0.3 is 0 Å². The molecule has 0 fully saturated rings. The standard InChI is InChI=1S/C23H28ClN3O/c1-15(7-8-16(2)17(3)11-12-25-5)13-21-18(4)27(6)22-10-9-19(24)14-20(22)23(28)26-21/h7-12,14,21H,4,13H2,1-3,5-6H3,(H,26,28)/b15-7+,16-8+,17-11+,25-12-. The molecule has 1 aliphatic rings. The van der Waals surface area contributed by atoms with Gasteiger partial charge in [0.1, 0.15) is 0 Å². The maximum atomic E-state index is 12.7.